The van der Waals surface area contributed by atoms with E-state index in [-0.39, 0.29) is 24.1 Å². The van der Waals surface area contributed by atoms with Crippen LogP contribution in [0.15, 0.2) is 30.3 Å². The lowest BCUT2D eigenvalue weighted by molar-refractivity contribution is 0.0698. The fourth-order valence-electron chi connectivity index (χ4n) is 2.68. The average Bonchev–Trinajstić information content (AvgIpc) is 2.54. The van der Waals surface area contributed by atoms with Gasteiger partial charge in [-0.25, -0.2) is 13.1 Å². The van der Waals surface area contributed by atoms with Crippen LogP contribution in [-0.2, 0) is 10.0 Å². The molecule has 1 aromatic rings. The molecule has 2 rings (SSSR count). The molecule has 23 heavy (non-hydrogen) atoms. The fourth-order valence-corrected chi connectivity index (χ4v) is 4.25. The fraction of sp³-hybridized carbons (Fsp3) is 0.562. The van der Waals surface area contributed by atoms with Gasteiger partial charge in [0.05, 0.1) is 11.9 Å². The molecule has 6 nitrogen and oxygen atoms in total. The summed E-state index contributed by atoms with van der Waals surface area (Å²) in [7, 11) is -3.38. The maximum absolute atomic E-state index is 12.3. The summed E-state index contributed by atoms with van der Waals surface area (Å²) in [6.45, 7) is 2.72. The van der Waals surface area contributed by atoms with E-state index in [0.29, 0.717) is 31.5 Å². The molecule has 1 atom stereocenters. The van der Waals surface area contributed by atoms with E-state index in [1.807, 2.05) is 18.2 Å². The van der Waals surface area contributed by atoms with Crippen LogP contribution in [0.5, 0.6) is 0 Å². The molecule has 0 bridgehead atoms. The number of nitrogens with zero attached hydrogens (tertiary/aromatic N) is 1. The number of nitrogens with one attached hydrogen (secondary N) is 1. The Morgan fingerprint density at radius 3 is 2.48 bits per heavy atom. The quantitative estimate of drug-likeness (QED) is 0.803. The largest absolute Gasteiger partial charge is 0.392 e. The van der Waals surface area contributed by atoms with Crippen LogP contribution in [0.1, 0.15) is 30.1 Å². The van der Waals surface area contributed by atoms with Crippen LogP contribution in [0.25, 0.3) is 0 Å². The minimum Gasteiger partial charge on any atom is -0.392 e. The summed E-state index contributed by atoms with van der Waals surface area (Å²) >= 11 is 0. The summed E-state index contributed by atoms with van der Waals surface area (Å²) in [5.41, 5.74) is 0.664. The van der Waals surface area contributed by atoms with Crippen molar-refractivity contribution in [3.63, 3.8) is 0 Å². The van der Waals surface area contributed by atoms with E-state index in [2.05, 4.69) is 4.72 Å². The number of hydrogen-bond acceptors (Lipinski definition) is 4. The number of rotatable bonds is 6. The molecule has 1 aromatic carbocycles. The van der Waals surface area contributed by atoms with Gasteiger partial charge in [0.25, 0.3) is 5.91 Å². The number of carbonyl (C=O) groups is 1. The van der Waals surface area contributed by atoms with Crippen molar-refractivity contribution in [2.45, 2.75) is 25.9 Å². The van der Waals surface area contributed by atoms with Gasteiger partial charge in [-0.1, -0.05) is 18.2 Å². The average molecular weight is 340 g/mol. The molecule has 1 fully saturated rings. The Morgan fingerprint density at radius 2 is 1.91 bits per heavy atom. The molecule has 1 aliphatic rings. The van der Waals surface area contributed by atoms with Gasteiger partial charge < -0.3 is 10.0 Å². The van der Waals surface area contributed by atoms with Gasteiger partial charge in [-0.2, -0.15) is 0 Å². The van der Waals surface area contributed by atoms with E-state index >= 15 is 0 Å². The molecule has 0 aliphatic carbocycles. The summed E-state index contributed by atoms with van der Waals surface area (Å²) in [5, 5.41) is 9.15. The monoisotopic (exact) mass is 340 g/mol. The summed E-state index contributed by atoms with van der Waals surface area (Å²) in [6, 6.07) is 9.12. The van der Waals surface area contributed by atoms with E-state index in [1.54, 1.807) is 17.0 Å². The van der Waals surface area contributed by atoms with Gasteiger partial charge >= 0.3 is 0 Å². The number of amides is 1. The third-order valence-electron chi connectivity index (χ3n) is 3.98. The Bertz CT molecular complexity index is 608. The molecule has 0 unspecified atom stereocenters. The number of hydrogen-bond donors (Lipinski definition) is 2. The summed E-state index contributed by atoms with van der Waals surface area (Å²) < 4.78 is 26.3. The van der Waals surface area contributed by atoms with E-state index in [4.69, 9.17) is 5.11 Å². The SMILES string of the molecule is C[C@H](O)CNS(=O)(=O)CC1CCN(C(=O)c2ccccc2)CC1. The highest BCUT2D eigenvalue weighted by Gasteiger charge is 2.27. The highest BCUT2D eigenvalue weighted by atomic mass is 32.2. The zero-order valence-electron chi connectivity index (χ0n) is 13.3. The zero-order valence-corrected chi connectivity index (χ0v) is 14.1. The molecular weight excluding hydrogens is 316 g/mol. The van der Waals surface area contributed by atoms with Crippen molar-refractivity contribution >= 4 is 15.9 Å². The van der Waals surface area contributed by atoms with Crippen LogP contribution < -0.4 is 4.72 Å². The summed E-state index contributed by atoms with van der Waals surface area (Å²) in [5.74, 6) is 0.0908. The number of sulfonamides is 1. The van der Waals surface area contributed by atoms with E-state index in [9.17, 15) is 13.2 Å². The van der Waals surface area contributed by atoms with Crippen LogP contribution in [-0.4, -0.2) is 55.8 Å². The van der Waals surface area contributed by atoms with Gasteiger partial charge in [-0.3, -0.25) is 4.79 Å². The van der Waals surface area contributed by atoms with Gasteiger partial charge in [-0.15, -0.1) is 0 Å². The molecule has 2 N–H and O–H groups in total. The number of piperidine rings is 1. The first kappa shape index (κ1) is 17.9. The first-order chi connectivity index (χ1) is 10.9. The number of carbonyl (C=O) groups excluding carboxylic acids is 1. The first-order valence-electron chi connectivity index (χ1n) is 7.87. The molecule has 1 amide bonds. The zero-order chi connectivity index (χ0) is 16.9. The van der Waals surface area contributed by atoms with E-state index in [1.165, 1.54) is 6.92 Å². The highest BCUT2D eigenvalue weighted by molar-refractivity contribution is 7.89. The molecule has 7 heteroatoms. The van der Waals surface area contributed by atoms with Gasteiger partial charge in [-0.05, 0) is 37.8 Å². The minimum atomic E-state index is -3.38. The maximum atomic E-state index is 12.3. The molecule has 0 saturated carbocycles. The van der Waals surface area contributed by atoms with E-state index < -0.39 is 16.1 Å². The Hall–Kier alpha value is -1.44. The van der Waals surface area contributed by atoms with Crippen LogP contribution in [0, 0.1) is 5.92 Å². The van der Waals surface area contributed by atoms with Crippen molar-refractivity contribution in [2.75, 3.05) is 25.4 Å². The normalized spacial score (nSPS) is 17.9. The Labute approximate surface area is 137 Å². The number of aliphatic hydroxyl groups excluding tert-OH is 1. The van der Waals surface area contributed by atoms with E-state index in [0.717, 1.165) is 0 Å². The third-order valence-corrected chi connectivity index (χ3v) is 5.49. The van der Waals surface area contributed by atoms with Crippen molar-refractivity contribution in [2.24, 2.45) is 5.92 Å². The van der Waals surface area contributed by atoms with Crippen molar-refractivity contribution in [1.82, 2.24) is 9.62 Å². The Kier molecular flexibility index (Phi) is 6.15. The van der Waals surface area contributed by atoms with Crippen molar-refractivity contribution in [3.05, 3.63) is 35.9 Å². The van der Waals surface area contributed by atoms with Crippen molar-refractivity contribution in [1.29, 1.82) is 0 Å². The second-order valence-electron chi connectivity index (χ2n) is 6.08. The Balaban J connectivity index is 1.83. The predicted molar refractivity (Wildman–Crippen MR) is 88.5 cm³/mol. The lowest BCUT2D eigenvalue weighted by Gasteiger charge is -2.32. The first-order valence-corrected chi connectivity index (χ1v) is 9.52. The lowest BCUT2D eigenvalue weighted by atomic mass is 9.98. The Morgan fingerprint density at radius 1 is 1.30 bits per heavy atom. The standard InChI is InChI=1S/C16H24N2O4S/c1-13(19)11-17-23(21,22)12-14-7-9-18(10-8-14)16(20)15-5-3-2-4-6-15/h2-6,13-14,17,19H,7-12H2,1H3/t13-/m0/s1. The maximum Gasteiger partial charge on any atom is 0.253 e. The molecular formula is C16H24N2O4S. The van der Waals surface area contributed by atoms with Crippen LogP contribution >= 0.6 is 0 Å². The van der Waals surface area contributed by atoms with Crippen LogP contribution in [0.3, 0.4) is 0 Å². The molecule has 0 aromatic heterocycles. The minimum absolute atomic E-state index is 0.000799. The van der Waals surface area contributed by atoms with Crippen molar-refractivity contribution < 1.29 is 18.3 Å². The summed E-state index contributed by atoms with van der Waals surface area (Å²) in [6.07, 6.45) is 0.651. The van der Waals surface area contributed by atoms with Crippen LogP contribution in [0.2, 0.25) is 0 Å². The molecule has 0 spiro atoms. The highest BCUT2D eigenvalue weighted by Crippen LogP contribution is 2.20. The van der Waals surface area contributed by atoms with Gasteiger partial charge in [0, 0.05) is 25.2 Å². The molecule has 1 saturated heterocycles. The van der Waals surface area contributed by atoms with Crippen molar-refractivity contribution in [3.8, 4) is 0 Å². The third kappa shape index (κ3) is 5.60. The summed E-state index contributed by atoms with van der Waals surface area (Å²) in [4.78, 5) is 14.1. The second-order valence-corrected chi connectivity index (χ2v) is 7.93. The lowest BCUT2D eigenvalue weighted by Crippen LogP contribution is -2.41. The topological polar surface area (TPSA) is 86.7 Å². The molecule has 128 valence electrons. The van der Waals surface area contributed by atoms with Crippen LogP contribution in [0.4, 0.5) is 0 Å². The predicted octanol–water partition coefficient (Wildman–Crippen LogP) is 0.839. The second kappa shape index (κ2) is 7.90. The molecule has 0 radical (unpaired) electrons. The smallest absolute Gasteiger partial charge is 0.253 e. The number of likely N-dealkylation sites (tertiary alicyclic amines) is 1. The number of aliphatic hydroxyl groups is 1. The van der Waals surface area contributed by atoms with Gasteiger partial charge in [0.1, 0.15) is 0 Å². The number of benzene rings is 1. The van der Waals surface area contributed by atoms with Gasteiger partial charge in [0.15, 0.2) is 0 Å². The molecule has 1 aliphatic heterocycles. The molecule has 1 heterocycles. The van der Waals surface area contributed by atoms with Gasteiger partial charge in [0.2, 0.25) is 10.0 Å².